The van der Waals surface area contributed by atoms with Gasteiger partial charge in [0.2, 0.25) is 5.69 Å². The molecule has 0 aliphatic carbocycles. The van der Waals surface area contributed by atoms with Gasteiger partial charge in [-0.3, -0.25) is 0 Å². The van der Waals surface area contributed by atoms with E-state index in [-0.39, 0.29) is 11.3 Å². The molecule has 20 heavy (non-hydrogen) atoms. The standard InChI is InChI=1S/C12H6N4O2S2/c1-14-10-3-5-12(16(18)8-10)20-19-11-4-2-9(6-13)7-15(11)17/h2-5,7-8H. The Morgan fingerprint density at radius 3 is 2.15 bits per heavy atom. The molecule has 6 nitrogen and oxygen atoms in total. The first kappa shape index (κ1) is 14.0. The van der Waals surface area contributed by atoms with Crippen LogP contribution in [0.5, 0.6) is 0 Å². The molecule has 0 bridgehead atoms. The molecule has 2 aromatic rings. The van der Waals surface area contributed by atoms with Crippen molar-refractivity contribution in [1.82, 2.24) is 0 Å². The lowest BCUT2D eigenvalue weighted by atomic mass is 10.3. The third kappa shape index (κ3) is 3.12. The van der Waals surface area contributed by atoms with Gasteiger partial charge in [-0.05, 0) is 12.1 Å². The first-order chi connectivity index (χ1) is 9.63. The van der Waals surface area contributed by atoms with Crippen LogP contribution in [0.2, 0.25) is 0 Å². The van der Waals surface area contributed by atoms with Crippen LogP contribution in [-0.4, -0.2) is 0 Å². The van der Waals surface area contributed by atoms with Crippen LogP contribution >= 0.6 is 21.6 Å². The fourth-order valence-electron chi connectivity index (χ4n) is 1.27. The predicted octanol–water partition coefficient (Wildman–Crippen LogP) is 2.18. The van der Waals surface area contributed by atoms with Gasteiger partial charge in [0.05, 0.1) is 6.57 Å². The lowest BCUT2D eigenvalue weighted by Crippen LogP contribution is -2.29. The van der Waals surface area contributed by atoms with E-state index in [9.17, 15) is 10.4 Å². The van der Waals surface area contributed by atoms with Gasteiger partial charge in [0.25, 0.3) is 10.1 Å². The number of aromatic nitrogens is 2. The Hall–Kier alpha value is -2.42. The maximum Gasteiger partial charge on any atom is 0.262 e. The fraction of sp³-hybridized carbons (Fsp3) is 0. The van der Waals surface area contributed by atoms with Crippen molar-refractivity contribution >= 4 is 27.3 Å². The molecule has 0 fully saturated rings. The van der Waals surface area contributed by atoms with E-state index in [1.807, 2.05) is 6.07 Å². The average Bonchev–Trinajstić information content (AvgIpc) is 2.46. The smallest absolute Gasteiger partial charge is 0.262 e. The van der Waals surface area contributed by atoms with Crippen LogP contribution in [0.4, 0.5) is 5.69 Å². The number of nitriles is 1. The van der Waals surface area contributed by atoms with Gasteiger partial charge in [-0.1, -0.05) is 0 Å². The molecular formula is C12H6N4O2S2. The van der Waals surface area contributed by atoms with E-state index in [1.165, 1.54) is 36.7 Å². The van der Waals surface area contributed by atoms with Crippen LogP contribution in [-0.2, 0) is 0 Å². The van der Waals surface area contributed by atoms with Gasteiger partial charge in [-0.25, -0.2) is 4.85 Å². The molecule has 2 aromatic heterocycles. The molecule has 0 unspecified atom stereocenters. The van der Waals surface area contributed by atoms with E-state index in [2.05, 4.69) is 4.85 Å². The van der Waals surface area contributed by atoms with Crippen LogP contribution in [0.3, 0.4) is 0 Å². The monoisotopic (exact) mass is 302 g/mol. The largest absolute Gasteiger partial charge is 0.619 e. The number of rotatable bonds is 3. The lowest BCUT2D eigenvalue weighted by Gasteiger charge is -2.04. The minimum atomic E-state index is 0.256. The second-order valence-corrected chi connectivity index (χ2v) is 5.69. The van der Waals surface area contributed by atoms with Crippen molar-refractivity contribution in [2.75, 3.05) is 0 Å². The van der Waals surface area contributed by atoms with Crippen molar-refractivity contribution in [2.45, 2.75) is 10.1 Å². The van der Waals surface area contributed by atoms with Crippen LogP contribution in [0, 0.1) is 28.3 Å². The van der Waals surface area contributed by atoms with Crippen molar-refractivity contribution < 1.29 is 9.46 Å². The van der Waals surface area contributed by atoms with Gasteiger partial charge in [-0.15, -0.1) is 0 Å². The molecule has 0 aliphatic heterocycles. The summed E-state index contributed by atoms with van der Waals surface area (Å²) in [5.74, 6) is 0. The number of nitrogens with zero attached hydrogens (tertiary/aromatic N) is 4. The van der Waals surface area contributed by atoms with E-state index >= 15 is 0 Å². The van der Waals surface area contributed by atoms with Gasteiger partial charge in [0, 0.05) is 33.7 Å². The Morgan fingerprint density at radius 1 is 1.05 bits per heavy atom. The molecular weight excluding hydrogens is 296 g/mol. The van der Waals surface area contributed by atoms with Crippen molar-refractivity contribution in [1.29, 1.82) is 5.26 Å². The quantitative estimate of drug-likeness (QED) is 0.375. The van der Waals surface area contributed by atoms with Crippen molar-refractivity contribution in [3.8, 4) is 6.07 Å². The van der Waals surface area contributed by atoms with Gasteiger partial charge >= 0.3 is 0 Å². The summed E-state index contributed by atoms with van der Waals surface area (Å²) in [7, 11) is 2.21. The Kier molecular flexibility index (Phi) is 4.31. The highest BCUT2D eigenvalue weighted by Gasteiger charge is 2.13. The highest BCUT2D eigenvalue weighted by atomic mass is 33.1. The van der Waals surface area contributed by atoms with E-state index in [4.69, 9.17) is 11.8 Å². The Balaban J connectivity index is 2.13. The SMILES string of the molecule is [C-]#[N+]c1ccc(SSc2ccc(C#N)c[n+]2[O-])[n+]([O-])c1. The Bertz CT molecular complexity index is 674. The lowest BCUT2D eigenvalue weighted by molar-refractivity contribution is -0.646. The highest BCUT2D eigenvalue weighted by Crippen LogP contribution is 2.34. The molecule has 0 amide bonds. The number of pyridine rings is 2. The van der Waals surface area contributed by atoms with Crippen LogP contribution in [0.1, 0.15) is 5.56 Å². The first-order valence-corrected chi connectivity index (χ1v) is 7.37. The summed E-state index contributed by atoms with van der Waals surface area (Å²) in [6, 6.07) is 7.98. The minimum absolute atomic E-state index is 0.256. The van der Waals surface area contributed by atoms with Crippen molar-refractivity contribution in [3.63, 3.8) is 0 Å². The number of hydrogen-bond acceptors (Lipinski definition) is 5. The maximum absolute atomic E-state index is 11.6. The zero-order valence-electron chi connectivity index (χ0n) is 9.89. The molecule has 0 atom stereocenters. The molecule has 98 valence electrons. The third-order valence-electron chi connectivity index (χ3n) is 2.21. The molecule has 0 aromatic carbocycles. The van der Waals surface area contributed by atoms with Crippen molar-refractivity contribution in [2.24, 2.45) is 0 Å². The molecule has 0 aliphatic rings. The topological polar surface area (TPSA) is 82.0 Å². The summed E-state index contributed by atoms with van der Waals surface area (Å²) in [4.78, 5) is 3.15. The second kappa shape index (κ2) is 6.15. The summed E-state index contributed by atoms with van der Waals surface area (Å²) >= 11 is 0. The molecule has 0 saturated heterocycles. The number of hydrogen-bond donors (Lipinski definition) is 0. The molecule has 0 spiro atoms. The fourth-order valence-corrected chi connectivity index (χ4v) is 3.23. The van der Waals surface area contributed by atoms with Crippen LogP contribution in [0.15, 0.2) is 46.7 Å². The van der Waals surface area contributed by atoms with Gasteiger partial charge in [0.1, 0.15) is 11.6 Å². The average molecular weight is 302 g/mol. The van der Waals surface area contributed by atoms with E-state index in [1.54, 1.807) is 0 Å². The van der Waals surface area contributed by atoms with E-state index < -0.39 is 0 Å². The Morgan fingerprint density at radius 2 is 1.65 bits per heavy atom. The zero-order chi connectivity index (χ0) is 14.5. The van der Waals surface area contributed by atoms with Gasteiger partial charge < -0.3 is 10.4 Å². The van der Waals surface area contributed by atoms with Gasteiger partial charge in [-0.2, -0.15) is 14.7 Å². The minimum Gasteiger partial charge on any atom is -0.619 e. The zero-order valence-corrected chi connectivity index (χ0v) is 11.5. The molecule has 2 heterocycles. The highest BCUT2D eigenvalue weighted by molar-refractivity contribution is 8.76. The summed E-state index contributed by atoms with van der Waals surface area (Å²) in [6.45, 7) is 6.80. The van der Waals surface area contributed by atoms with E-state index in [0.717, 1.165) is 21.6 Å². The summed E-state index contributed by atoms with van der Waals surface area (Å²) in [6.07, 6.45) is 2.36. The third-order valence-corrected chi connectivity index (χ3v) is 4.54. The van der Waals surface area contributed by atoms with Crippen LogP contribution < -0.4 is 9.46 Å². The molecule has 0 radical (unpaired) electrons. The van der Waals surface area contributed by atoms with Gasteiger partial charge in [0.15, 0.2) is 12.4 Å². The molecule has 0 N–H and O–H groups in total. The Labute approximate surface area is 122 Å². The second-order valence-electron chi connectivity index (χ2n) is 3.52. The molecule has 2 rings (SSSR count). The van der Waals surface area contributed by atoms with Crippen LogP contribution in [0.25, 0.3) is 4.85 Å². The molecule has 8 heteroatoms. The van der Waals surface area contributed by atoms with E-state index in [0.29, 0.717) is 19.5 Å². The normalized spacial score (nSPS) is 9.70. The summed E-state index contributed by atoms with van der Waals surface area (Å²) in [5, 5.41) is 32.6. The summed E-state index contributed by atoms with van der Waals surface area (Å²) in [5.41, 5.74) is 0.529. The van der Waals surface area contributed by atoms with Crippen molar-refractivity contribution in [3.05, 3.63) is 64.1 Å². The first-order valence-electron chi connectivity index (χ1n) is 5.22. The maximum atomic E-state index is 11.6. The predicted molar refractivity (Wildman–Crippen MR) is 73.5 cm³/mol. The molecule has 0 saturated carbocycles. The summed E-state index contributed by atoms with van der Waals surface area (Å²) < 4.78 is 1.17.